The molecule has 142 valence electrons. The molecule has 0 radical (unpaired) electrons. The van der Waals surface area contributed by atoms with Crippen LogP contribution in [0.15, 0.2) is 53.6 Å². The third-order valence-corrected chi connectivity index (χ3v) is 4.14. The molecular formula is C19H16FN5O3. The lowest BCUT2D eigenvalue weighted by atomic mass is 10.2. The lowest BCUT2D eigenvalue weighted by Gasteiger charge is -2.10. The summed E-state index contributed by atoms with van der Waals surface area (Å²) in [7, 11) is 0. The predicted molar refractivity (Wildman–Crippen MR) is 101 cm³/mol. The van der Waals surface area contributed by atoms with Crippen LogP contribution < -0.4 is 15.7 Å². The van der Waals surface area contributed by atoms with Crippen LogP contribution >= 0.6 is 0 Å². The summed E-state index contributed by atoms with van der Waals surface area (Å²) in [6.07, 6.45) is 1.27. The fourth-order valence-electron chi connectivity index (χ4n) is 2.91. The Morgan fingerprint density at radius 2 is 2.07 bits per heavy atom. The van der Waals surface area contributed by atoms with Crippen LogP contribution in [-0.2, 0) is 11.3 Å². The summed E-state index contributed by atoms with van der Waals surface area (Å²) in [4.78, 5) is 29.1. The summed E-state index contributed by atoms with van der Waals surface area (Å²) in [6.45, 7) is 2.02. The van der Waals surface area contributed by atoms with E-state index in [1.165, 1.54) is 28.9 Å². The van der Waals surface area contributed by atoms with Gasteiger partial charge in [-0.1, -0.05) is 12.1 Å². The minimum absolute atomic E-state index is 0.288. The van der Waals surface area contributed by atoms with E-state index in [-0.39, 0.29) is 6.54 Å². The molecule has 0 fully saturated rings. The number of hydrogen-bond donors (Lipinski definition) is 1. The summed E-state index contributed by atoms with van der Waals surface area (Å²) in [5.74, 6) is -0.322. The molecule has 1 amide bonds. The molecule has 8 nitrogen and oxygen atoms in total. The molecule has 2 heterocycles. The Bertz CT molecular complexity index is 1250. The van der Waals surface area contributed by atoms with Crippen LogP contribution in [0.5, 0.6) is 5.75 Å². The second kappa shape index (κ2) is 7.10. The number of nitrogens with one attached hydrogen (secondary N) is 1. The summed E-state index contributed by atoms with van der Waals surface area (Å²) in [6, 6.07) is 11.1. The van der Waals surface area contributed by atoms with E-state index in [0.717, 1.165) is 4.68 Å². The van der Waals surface area contributed by atoms with Crippen molar-refractivity contribution in [2.24, 2.45) is 0 Å². The molecule has 28 heavy (non-hydrogen) atoms. The Morgan fingerprint density at radius 3 is 2.89 bits per heavy atom. The Hall–Kier alpha value is -3.75. The van der Waals surface area contributed by atoms with Gasteiger partial charge in [-0.25, -0.2) is 23.3 Å². The Labute approximate surface area is 158 Å². The first kappa shape index (κ1) is 17.7. The Balaban J connectivity index is 1.65. The summed E-state index contributed by atoms with van der Waals surface area (Å²) < 4.78 is 21.1. The van der Waals surface area contributed by atoms with Crippen molar-refractivity contribution >= 4 is 28.1 Å². The highest BCUT2D eigenvalue weighted by Crippen LogP contribution is 2.23. The van der Waals surface area contributed by atoms with Gasteiger partial charge in [0, 0.05) is 11.5 Å². The van der Waals surface area contributed by atoms with Crippen molar-refractivity contribution in [1.82, 2.24) is 19.2 Å². The highest BCUT2D eigenvalue weighted by Gasteiger charge is 2.15. The number of hydrogen-bond acceptors (Lipinski definition) is 5. The molecule has 1 N–H and O–H groups in total. The number of rotatable bonds is 5. The maximum atomic E-state index is 13.4. The zero-order valence-electron chi connectivity index (χ0n) is 14.9. The van der Waals surface area contributed by atoms with Gasteiger partial charge in [-0.05, 0) is 31.2 Å². The molecule has 0 saturated heterocycles. The normalized spacial score (nSPS) is 11.1. The number of nitrogens with zero attached hydrogens (tertiary/aromatic N) is 4. The van der Waals surface area contributed by atoms with Gasteiger partial charge >= 0.3 is 5.69 Å². The lowest BCUT2D eigenvalue weighted by molar-refractivity contribution is -0.117. The fraction of sp³-hybridized carbons (Fsp3) is 0.158. The fourth-order valence-corrected chi connectivity index (χ4v) is 2.91. The molecule has 0 aliphatic rings. The molecule has 0 unspecified atom stereocenters. The molecule has 0 saturated carbocycles. The molecule has 0 aliphatic heterocycles. The highest BCUT2D eigenvalue weighted by atomic mass is 19.1. The maximum absolute atomic E-state index is 13.4. The van der Waals surface area contributed by atoms with E-state index < -0.39 is 17.4 Å². The van der Waals surface area contributed by atoms with Crippen molar-refractivity contribution in [1.29, 1.82) is 0 Å². The van der Waals surface area contributed by atoms with Crippen molar-refractivity contribution in [2.75, 3.05) is 11.9 Å². The van der Waals surface area contributed by atoms with Crippen LogP contribution in [0.4, 0.5) is 10.1 Å². The number of para-hydroxylation sites is 2. The van der Waals surface area contributed by atoms with E-state index >= 15 is 0 Å². The zero-order valence-corrected chi connectivity index (χ0v) is 14.9. The van der Waals surface area contributed by atoms with Crippen molar-refractivity contribution in [3.8, 4) is 5.75 Å². The van der Waals surface area contributed by atoms with E-state index in [4.69, 9.17) is 4.74 Å². The lowest BCUT2D eigenvalue weighted by Crippen LogP contribution is -2.28. The van der Waals surface area contributed by atoms with Gasteiger partial charge in [0.2, 0.25) is 5.91 Å². The van der Waals surface area contributed by atoms with Gasteiger partial charge < -0.3 is 10.1 Å². The topological polar surface area (TPSA) is 90.5 Å². The number of benzene rings is 2. The molecule has 2 aromatic heterocycles. The average molecular weight is 381 g/mol. The van der Waals surface area contributed by atoms with Crippen LogP contribution in [-0.4, -0.2) is 31.7 Å². The van der Waals surface area contributed by atoms with E-state index in [2.05, 4.69) is 15.4 Å². The number of anilines is 1. The van der Waals surface area contributed by atoms with E-state index in [1.54, 1.807) is 24.3 Å². The molecule has 4 aromatic rings. The maximum Gasteiger partial charge on any atom is 0.352 e. The van der Waals surface area contributed by atoms with Crippen molar-refractivity contribution in [3.05, 3.63) is 65.1 Å². The van der Waals surface area contributed by atoms with Gasteiger partial charge in [-0.15, -0.1) is 5.10 Å². The molecular weight excluding hydrogens is 365 g/mol. The zero-order chi connectivity index (χ0) is 19.7. The van der Waals surface area contributed by atoms with Crippen LogP contribution in [0.2, 0.25) is 0 Å². The second-order valence-corrected chi connectivity index (χ2v) is 6.02. The highest BCUT2D eigenvalue weighted by molar-refractivity contribution is 5.93. The average Bonchev–Trinajstić information content (AvgIpc) is 2.99. The van der Waals surface area contributed by atoms with Crippen LogP contribution in [0.25, 0.3) is 16.6 Å². The molecule has 0 aliphatic carbocycles. The van der Waals surface area contributed by atoms with Gasteiger partial charge in [0.15, 0.2) is 5.65 Å². The molecule has 2 aromatic carbocycles. The van der Waals surface area contributed by atoms with Crippen LogP contribution in [0, 0.1) is 5.82 Å². The molecule has 4 rings (SSSR count). The standard InChI is InChI=1S/C19H16FN5O3/c1-2-28-16-6-4-3-5-14(16)22-17(26)10-25-19(27)24-11-21-15-9-12(20)7-8-13(15)18(24)23-25/h3-9,11H,2,10H2,1H3,(H,22,26). The van der Waals surface area contributed by atoms with Crippen molar-refractivity contribution in [3.63, 3.8) is 0 Å². The van der Waals surface area contributed by atoms with E-state index in [1.807, 2.05) is 6.92 Å². The molecule has 0 bridgehead atoms. The number of fused-ring (bicyclic) bond motifs is 3. The van der Waals surface area contributed by atoms with E-state index in [0.29, 0.717) is 34.6 Å². The van der Waals surface area contributed by atoms with Gasteiger partial charge in [0.25, 0.3) is 0 Å². The Kier molecular flexibility index (Phi) is 4.48. The first-order valence-electron chi connectivity index (χ1n) is 8.62. The smallest absolute Gasteiger partial charge is 0.352 e. The van der Waals surface area contributed by atoms with Gasteiger partial charge in [-0.2, -0.15) is 0 Å². The minimum Gasteiger partial charge on any atom is -0.492 e. The van der Waals surface area contributed by atoms with Crippen molar-refractivity contribution < 1.29 is 13.9 Å². The summed E-state index contributed by atoms with van der Waals surface area (Å²) in [5, 5.41) is 7.46. The van der Waals surface area contributed by atoms with Crippen LogP contribution in [0.1, 0.15) is 6.92 Å². The monoisotopic (exact) mass is 381 g/mol. The third-order valence-electron chi connectivity index (χ3n) is 4.14. The number of carbonyl (C=O) groups is 1. The quantitative estimate of drug-likeness (QED) is 0.572. The van der Waals surface area contributed by atoms with Gasteiger partial charge in [0.05, 0.1) is 17.8 Å². The second-order valence-electron chi connectivity index (χ2n) is 6.02. The number of amides is 1. The number of halogens is 1. The predicted octanol–water partition coefficient (Wildman–Crippen LogP) is 2.22. The summed E-state index contributed by atoms with van der Waals surface area (Å²) >= 11 is 0. The molecule has 0 atom stereocenters. The largest absolute Gasteiger partial charge is 0.492 e. The molecule has 0 spiro atoms. The third kappa shape index (κ3) is 3.18. The number of ether oxygens (including phenoxy) is 1. The minimum atomic E-state index is -0.512. The first-order valence-corrected chi connectivity index (χ1v) is 8.62. The molecule has 9 heteroatoms. The number of carbonyl (C=O) groups excluding carboxylic acids is 1. The van der Waals surface area contributed by atoms with Crippen LogP contribution in [0.3, 0.4) is 0 Å². The number of aromatic nitrogens is 4. The van der Waals surface area contributed by atoms with Crippen molar-refractivity contribution in [2.45, 2.75) is 13.5 Å². The Morgan fingerprint density at radius 1 is 1.25 bits per heavy atom. The SMILES string of the molecule is CCOc1ccccc1NC(=O)Cn1nc2c3ccc(F)cc3ncn2c1=O. The first-order chi connectivity index (χ1) is 13.6. The van der Waals surface area contributed by atoms with E-state index in [9.17, 15) is 14.0 Å². The van der Waals surface area contributed by atoms with Gasteiger partial charge in [-0.3, -0.25) is 4.79 Å². The summed E-state index contributed by atoms with van der Waals surface area (Å²) in [5.41, 5.74) is 0.674. The van der Waals surface area contributed by atoms with Gasteiger partial charge in [0.1, 0.15) is 24.4 Å².